The molecule has 23 heavy (non-hydrogen) atoms. The fourth-order valence-electron chi connectivity index (χ4n) is 2.21. The van der Waals surface area contributed by atoms with Gasteiger partial charge in [0.25, 0.3) is 0 Å². The van der Waals surface area contributed by atoms with Crippen LogP contribution in [0.25, 0.3) is 0 Å². The van der Waals surface area contributed by atoms with Crippen molar-refractivity contribution in [3.8, 4) is 0 Å². The van der Waals surface area contributed by atoms with E-state index in [9.17, 15) is 23.4 Å². The molecular weight excluding hydrogens is 337 g/mol. The molecule has 1 aliphatic rings. The maximum atomic E-state index is 12.4. The van der Waals surface area contributed by atoms with Crippen LogP contribution in [0.15, 0.2) is 17.6 Å². The first kappa shape index (κ1) is 18.4. The summed E-state index contributed by atoms with van der Waals surface area (Å²) in [5.74, 6) is -0.0389. The van der Waals surface area contributed by atoms with Gasteiger partial charge in [0.15, 0.2) is 5.16 Å². The molecule has 6 N–H and O–H groups in total. The fraction of sp³-hybridized carbons (Fsp3) is 0.667. The number of alkyl halides is 3. The molecule has 1 aromatic rings. The van der Waals surface area contributed by atoms with Gasteiger partial charge in [0.2, 0.25) is 0 Å². The van der Waals surface area contributed by atoms with Crippen LogP contribution in [0.3, 0.4) is 0 Å². The Bertz CT molecular complexity index is 519. The molecule has 7 nitrogen and oxygen atoms in total. The van der Waals surface area contributed by atoms with Crippen molar-refractivity contribution in [2.45, 2.75) is 48.1 Å². The summed E-state index contributed by atoms with van der Waals surface area (Å²) in [7, 11) is 0. The second-order valence-electron chi connectivity index (χ2n) is 5.19. The summed E-state index contributed by atoms with van der Waals surface area (Å²) in [4.78, 5) is 7.16. The van der Waals surface area contributed by atoms with E-state index in [0.717, 1.165) is 11.8 Å². The first-order chi connectivity index (χ1) is 10.7. The van der Waals surface area contributed by atoms with Crippen molar-refractivity contribution in [3.63, 3.8) is 0 Å². The van der Waals surface area contributed by atoms with Crippen LogP contribution in [0.4, 0.5) is 13.2 Å². The summed E-state index contributed by atoms with van der Waals surface area (Å²) >= 11 is 0.948. The maximum Gasteiger partial charge on any atom is 0.419 e. The summed E-state index contributed by atoms with van der Waals surface area (Å²) in [6, 6.07) is -1.19. The number of nitrogens with two attached hydrogens (primary N) is 2. The van der Waals surface area contributed by atoms with Gasteiger partial charge in [-0.3, -0.25) is 0 Å². The molecule has 0 aliphatic heterocycles. The van der Waals surface area contributed by atoms with Crippen molar-refractivity contribution in [2.75, 3.05) is 5.94 Å². The normalized spacial score (nSPS) is 32.0. The van der Waals surface area contributed by atoms with Gasteiger partial charge in [0.1, 0.15) is 18.1 Å². The van der Waals surface area contributed by atoms with E-state index in [0.29, 0.717) is 12.4 Å². The molecule has 0 aromatic carbocycles. The summed E-state index contributed by atoms with van der Waals surface area (Å²) in [5, 5.41) is 19.7. The molecule has 1 aromatic heterocycles. The Hall–Kier alpha value is -0.980. The molecule has 5 atom stereocenters. The SMILES string of the molecule is N[C@@H]1C[C@H](N)[C@@H](O)[C@H](O)[C@H]1OCSc1ncc(C(F)(F)F)cn1. The molecule has 0 amide bonds. The number of aliphatic hydroxyl groups is 2. The van der Waals surface area contributed by atoms with Gasteiger partial charge in [-0.05, 0) is 6.42 Å². The lowest BCUT2D eigenvalue weighted by atomic mass is 9.85. The first-order valence-corrected chi connectivity index (χ1v) is 7.69. The molecule has 0 unspecified atom stereocenters. The Morgan fingerprint density at radius 1 is 1.17 bits per heavy atom. The molecule has 1 saturated carbocycles. The molecular formula is C12H17F3N4O3S. The predicted molar refractivity (Wildman–Crippen MR) is 75.2 cm³/mol. The van der Waals surface area contributed by atoms with Gasteiger partial charge >= 0.3 is 6.18 Å². The van der Waals surface area contributed by atoms with Crippen LogP contribution in [0.2, 0.25) is 0 Å². The monoisotopic (exact) mass is 354 g/mol. The van der Waals surface area contributed by atoms with Crippen LogP contribution >= 0.6 is 11.8 Å². The van der Waals surface area contributed by atoms with E-state index in [1.165, 1.54) is 0 Å². The molecule has 1 heterocycles. The zero-order valence-electron chi connectivity index (χ0n) is 11.8. The molecule has 1 aliphatic carbocycles. The van der Waals surface area contributed by atoms with Gasteiger partial charge in [0.05, 0.1) is 11.7 Å². The summed E-state index contributed by atoms with van der Waals surface area (Å²) in [5.41, 5.74) is 10.5. The van der Waals surface area contributed by atoms with E-state index in [-0.39, 0.29) is 17.5 Å². The van der Waals surface area contributed by atoms with E-state index in [1.54, 1.807) is 0 Å². The first-order valence-electron chi connectivity index (χ1n) is 6.71. The molecule has 0 spiro atoms. The molecule has 0 saturated heterocycles. The van der Waals surface area contributed by atoms with Crippen LogP contribution in [0, 0.1) is 0 Å². The third-order valence-corrected chi connectivity index (χ3v) is 4.22. The Morgan fingerprint density at radius 2 is 1.78 bits per heavy atom. The van der Waals surface area contributed by atoms with Crippen molar-refractivity contribution < 1.29 is 28.1 Å². The molecule has 0 bridgehead atoms. The lowest BCUT2D eigenvalue weighted by molar-refractivity contribution is -0.138. The van der Waals surface area contributed by atoms with Gasteiger partial charge in [-0.1, -0.05) is 11.8 Å². The lowest BCUT2D eigenvalue weighted by Crippen LogP contribution is -2.61. The Morgan fingerprint density at radius 3 is 2.35 bits per heavy atom. The number of thioether (sulfide) groups is 1. The van der Waals surface area contributed by atoms with Crippen LogP contribution in [0.1, 0.15) is 12.0 Å². The Kier molecular flexibility index (Phi) is 5.81. The van der Waals surface area contributed by atoms with Crippen molar-refractivity contribution in [1.29, 1.82) is 0 Å². The van der Waals surface area contributed by atoms with Crippen LogP contribution in [-0.2, 0) is 10.9 Å². The smallest absolute Gasteiger partial charge is 0.389 e. The lowest BCUT2D eigenvalue weighted by Gasteiger charge is -2.39. The highest BCUT2D eigenvalue weighted by atomic mass is 32.2. The van der Waals surface area contributed by atoms with E-state index < -0.39 is 42.1 Å². The Balaban J connectivity index is 1.87. The zero-order chi connectivity index (χ0) is 17.2. The number of halogens is 3. The van der Waals surface area contributed by atoms with Gasteiger partial charge in [-0.25, -0.2) is 9.97 Å². The average Bonchev–Trinajstić information content (AvgIpc) is 2.48. The molecule has 0 radical (unpaired) electrons. The van der Waals surface area contributed by atoms with Crippen molar-refractivity contribution in [1.82, 2.24) is 9.97 Å². The zero-order valence-corrected chi connectivity index (χ0v) is 12.7. The number of aromatic nitrogens is 2. The van der Waals surface area contributed by atoms with Gasteiger partial charge < -0.3 is 26.4 Å². The second-order valence-corrected chi connectivity index (χ2v) is 6.08. The number of ether oxygens (including phenoxy) is 1. The van der Waals surface area contributed by atoms with Crippen molar-refractivity contribution >= 4 is 11.8 Å². The highest BCUT2D eigenvalue weighted by molar-refractivity contribution is 7.99. The number of aliphatic hydroxyl groups excluding tert-OH is 2. The highest BCUT2D eigenvalue weighted by Gasteiger charge is 2.41. The minimum atomic E-state index is -4.49. The number of rotatable bonds is 4. The van der Waals surface area contributed by atoms with E-state index >= 15 is 0 Å². The fourth-order valence-corrected chi connectivity index (χ4v) is 2.80. The minimum absolute atomic E-state index is 0.0389. The molecule has 11 heteroatoms. The van der Waals surface area contributed by atoms with E-state index in [1.807, 2.05) is 0 Å². The predicted octanol–water partition coefficient (Wildman–Crippen LogP) is -0.290. The van der Waals surface area contributed by atoms with E-state index in [2.05, 4.69) is 9.97 Å². The van der Waals surface area contributed by atoms with Gasteiger partial charge in [-0.2, -0.15) is 13.2 Å². The summed E-state index contributed by atoms with van der Waals surface area (Å²) in [6.07, 6.45) is -6.06. The second kappa shape index (κ2) is 7.28. The largest absolute Gasteiger partial charge is 0.419 e. The molecule has 1 fully saturated rings. The van der Waals surface area contributed by atoms with Crippen LogP contribution in [-0.4, -0.2) is 56.5 Å². The highest BCUT2D eigenvalue weighted by Crippen LogP contribution is 2.29. The van der Waals surface area contributed by atoms with Gasteiger partial charge in [-0.15, -0.1) is 0 Å². The minimum Gasteiger partial charge on any atom is -0.389 e. The molecule has 2 rings (SSSR count). The number of hydrogen-bond donors (Lipinski definition) is 4. The van der Waals surface area contributed by atoms with Crippen LogP contribution < -0.4 is 11.5 Å². The number of hydrogen-bond acceptors (Lipinski definition) is 8. The molecule has 130 valence electrons. The maximum absolute atomic E-state index is 12.4. The third kappa shape index (κ3) is 4.52. The van der Waals surface area contributed by atoms with E-state index in [4.69, 9.17) is 16.2 Å². The topological polar surface area (TPSA) is 128 Å². The standard InChI is InChI=1S/C12H17F3N4O3S/c13-12(14,15)5-2-18-11(19-3-5)23-4-22-10-7(17)1-6(16)8(20)9(10)21/h2-3,6-10,20-21H,1,4,16-17H2/t6-,7+,8+,9-,10-/m0/s1. The van der Waals surface area contributed by atoms with Crippen molar-refractivity contribution in [2.24, 2.45) is 11.5 Å². The third-order valence-electron chi connectivity index (χ3n) is 3.50. The van der Waals surface area contributed by atoms with Gasteiger partial charge in [0, 0.05) is 24.5 Å². The van der Waals surface area contributed by atoms with Crippen molar-refractivity contribution in [3.05, 3.63) is 18.0 Å². The van der Waals surface area contributed by atoms with Crippen LogP contribution in [0.5, 0.6) is 0 Å². The number of nitrogens with zero attached hydrogens (tertiary/aromatic N) is 2. The Labute approximate surface area is 134 Å². The quantitative estimate of drug-likeness (QED) is 0.330. The summed E-state index contributed by atoms with van der Waals surface area (Å²) in [6.45, 7) is 0. The average molecular weight is 354 g/mol. The summed E-state index contributed by atoms with van der Waals surface area (Å²) < 4.78 is 42.5.